The van der Waals surface area contributed by atoms with E-state index >= 15 is 0 Å². The molecular weight excluding hydrogens is 453 g/mol. The van der Waals surface area contributed by atoms with Gasteiger partial charge in [-0.3, -0.25) is 4.31 Å². The number of rotatable bonds is 6. The van der Waals surface area contributed by atoms with Crippen LogP contribution in [0, 0.1) is 0 Å². The molecule has 1 aliphatic rings. The standard InChI is InChI=1S/C24H23F3N2O3S/c1-28-13-12-18-14-17(6-11-23(18)28)16-29(20-7-9-21(32-2)10-8-20)33(30,31)22-5-3-4-19(15-22)24(25,26)27/h3-11,14-15H,12-13,16H2,1-2H3. The van der Waals surface area contributed by atoms with Crippen molar-refractivity contribution in [3.05, 3.63) is 83.4 Å². The monoisotopic (exact) mass is 476 g/mol. The number of likely N-dealkylation sites (N-methyl/N-ethyl adjacent to an activating group) is 1. The van der Waals surface area contributed by atoms with E-state index in [1.807, 2.05) is 25.2 Å². The number of alkyl halides is 3. The maximum absolute atomic E-state index is 13.6. The van der Waals surface area contributed by atoms with Gasteiger partial charge in [-0.1, -0.05) is 18.2 Å². The Hall–Kier alpha value is -3.20. The topological polar surface area (TPSA) is 49.9 Å². The van der Waals surface area contributed by atoms with Crippen molar-refractivity contribution in [2.75, 3.05) is 29.9 Å². The van der Waals surface area contributed by atoms with E-state index in [1.165, 1.54) is 13.2 Å². The molecule has 0 bridgehead atoms. The van der Waals surface area contributed by atoms with Gasteiger partial charge in [0, 0.05) is 19.3 Å². The smallest absolute Gasteiger partial charge is 0.416 e. The molecule has 174 valence electrons. The van der Waals surface area contributed by atoms with Gasteiger partial charge >= 0.3 is 6.18 Å². The molecule has 0 aliphatic carbocycles. The highest BCUT2D eigenvalue weighted by molar-refractivity contribution is 7.92. The molecule has 9 heteroatoms. The van der Waals surface area contributed by atoms with Crippen LogP contribution in [0.4, 0.5) is 24.5 Å². The minimum atomic E-state index is -4.65. The van der Waals surface area contributed by atoms with Crippen molar-refractivity contribution in [2.45, 2.75) is 24.0 Å². The molecule has 0 unspecified atom stereocenters. The van der Waals surface area contributed by atoms with Gasteiger partial charge < -0.3 is 9.64 Å². The Morgan fingerprint density at radius 3 is 2.42 bits per heavy atom. The molecule has 3 aromatic rings. The van der Waals surface area contributed by atoms with Crippen molar-refractivity contribution in [3.63, 3.8) is 0 Å². The number of ether oxygens (including phenoxy) is 1. The summed E-state index contributed by atoms with van der Waals surface area (Å²) in [4.78, 5) is 1.70. The average Bonchev–Trinajstić information content (AvgIpc) is 3.17. The quantitative estimate of drug-likeness (QED) is 0.497. The lowest BCUT2D eigenvalue weighted by atomic mass is 10.1. The number of halogens is 3. The van der Waals surface area contributed by atoms with E-state index in [-0.39, 0.29) is 6.54 Å². The predicted octanol–water partition coefficient (Wildman–Crippen LogP) is 5.10. The zero-order valence-corrected chi connectivity index (χ0v) is 18.9. The third-order valence-corrected chi connectivity index (χ3v) is 7.48. The molecule has 0 amide bonds. The minimum absolute atomic E-state index is 0.0259. The summed E-state index contributed by atoms with van der Waals surface area (Å²) in [6, 6.07) is 15.9. The van der Waals surface area contributed by atoms with Crippen molar-refractivity contribution in [1.29, 1.82) is 0 Å². The largest absolute Gasteiger partial charge is 0.497 e. The second-order valence-corrected chi connectivity index (χ2v) is 9.73. The highest BCUT2D eigenvalue weighted by atomic mass is 32.2. The molecule has 0 N–H and O–H groups in total. The van der Waals surface area contributed by atoms with Crippen LogP contribution in [0.2, 0.25) is 0 Å². The Bertz CT molecular complexity index is 1260. The molecule has 3 aromatic carbocycles. The van der Waals surface area contributed by atoms with E-state index in [4.69, 9.17) is 4.74 Å². The van der Waals surface area contributed by atoms with Crippen molar-refractivity contribution >= 4 is 21.4 Å². The van der Waals surface area contributed by atoms with Crippen molar-refractivity contribution < 1.29 is 26.3 Å². The number of fused-ring (bicyclic) bond motifs is 1. The molecule has 1 heterocycles. The molecule has 0 fully saturated rings. The number of hydrogen-bond acceptors (Lipinski definition) is 4. The van der Waals surface area contributed by atoms with Gasteiger partial charge in [0.25, 0.3) is 10.0 Å². The van der Waals surface area contributed by atoms with E-state index in [0.717, 1.165) is 46.2 Å². The lowest BCUT2D eigenvalue weighted by molar-refractivity contribution is -0.137. The van der Waals surface area contributed by atoms with Crippen molar-refractivity contribution in [2.24, 2.45) is 0 Å². The van der Waals surface area contributed by atoms with Crippen LogP contribution in [0.5, 0.6) is 5.75 Å². The predicted molar refractivity (Wildman–Crippen MR) is 121 cm³/mol. The fraction of sp³-hybridized carbons (Fsp3) is 0.250. The Balaban J connectivity index is 1.77. The van der Waals surface area contributed by atoms with Crippen LogP contribution in [0.1, 0.15) is 16.7 Å². The molecule has 5 nitrogen and oxygen atoms in total. The summed E-state index contributed by atoms with van der Waals surface area (Å²) in [7, 11) is -0.810. The van der Waals surface area contributed by atoms with Crippen LogP contribution in [0.15, 0.2) is 71.6 Å². The molecular formula is C24H23F3N2O3S. The van der Waals surface area contributed by atoms with Gasteiger partial charge in [-0.2, -0.15) is 13.2 Å². The lowest BCUT2D eigenvalue weighted by Crippen LogP contribution is -2.30. The Morgan fingerprint density at radius 1 is 1.03 bits per heavy atom. The number of hydrogen-bond donors (Lipinski definition) is 0. The van der Waals surface area contributed by atoms with Crippen LogP contribution in [-0.4, -0.2) is 29.1 Å². The average molecular weight is 477 g/mol. The molecule has 0 aromatic heterocycles. The summed E-state index contributed by atoms with van der Waals surface area (Å²) >= 11 is 0. The summed E-state index contributed by atoms with van der Waals surface area (Å²) in [5.74, 6) is 0.538. The fourth-order valence-electron chi connectivity index (χ4n) is 3.91. The van der Waals surface area contributed by atoms with Gasteiger partial charge in [-0.15, -0.1) is 0 Å². The highest BCUT2D eigenvalue weighted by Crippen LogP contribution is 2.34. The molecule has 0 radical (unpaired) electrons. The lowest BCUT2D eigenvalue weighted by Gasteiger charge is -2.25. The maximum Gasteiger partial charge on any atom is 0.416 e. The van der Waals surface area contributed by atoms with Gasteiger partial charge in [0.1, 0.15) is 5.75 Å². The van der Waals surface area contributed by atoms with Crippen LogP contribution >= 0.6 is 0 Å². The normalized spacial score (nSPS) is 13.7. The van der Waals surface area contributed by atoms with E-state index in [2.05, 4.69) is 4.90 Å². The second kappa shape index (κ2) is 8.62. The van der Waals surface area contributed by atoms with Crippen LogP contribution in [-0.2, 0) is 29.2 Å². The number of sulfonamides is 1. The maximum atomic E-state index is 13.6. The summed E-state index contributed by atoms with van der Waals surface area (Å²) in [5.41, 5.74) is 2.26. The number of nitrogens with zero attached hydrogens (tertiary/aromatic N) is 2. The second-order valence-electron chi connectivity index (χ2n) is 7.87. The SMILES string of the molecule is COc1ccc(N(Cc2ccc3c(c2)CCN3C)S(=O)(=O)c2cccc(C(F)(F)F)c2)cc1. The van der Waals surface area contributed by atoms with Gasteiger partial charge in [0.05, 0.1) is 29.8 Å². The summed E-state index contributed by atoms with van der Waals surface area (Å²) < 4.78 is 73.2. The first-order valence-electron chi connectivity index (χ1n) is 10.3. The van der Waals surface area contributed by atoms with E-state index in [9.17, 15) is 21.6 Å². The van der Waals surface area contributed by atoms with Crippen LogP contribution < -0.4 is 13.9 Å². The molecule has 4 rings (SSSR count). The number of anilines is 2. The Morgan fingerprint density at radius 2 is 1.76 bits per heavy atom. The summed E-state index contributed by atoms with van der Waals surface area (Å²) in [6.07, 6.45) is -3.80. The Kier molecular flexibility index (Phi) is 6.00. The van der Waals surface area contributed by atoms with Gasteiger partial charge in [-0.05, 0) is 66.1 Å². The Labute approximate surface area is 191 Å². The van der Waals surface area contributed by atoms with Crippen molar-refractivity contribution in [3.8, 4) is 5.75 Å². The van der Waals surface area contributed by atoms with Crippen molar-refractivity contribution in [1.82, 2.24) is 0 Å². The summed E-state index contributed by atoms with van der Waals surface area (Å²) in [6.45, 7) is 0.853. The first-order chi connectivity index (χ1) is 15.6. The molecule has 0 spiro atoms. The third-order valence-electron chi connectivity index (χ3n) is 5.71. The molecule has 0 atom stereocenters. The minimum Gasteiger partial charge on any atom is -0.497 e. The van der Waals surface area contributed by atoms with E-state index in [0.29, 0.717) is 17.5 Å². The van der Waals surface area contributed by atoms with Crippen LogP contribution in [0.3, 0.4) is 0 Å². The number of benzene rings is 3. The van der Waals surface area contributed by atoms with E-state index < -0.39 is 26.7 Å². The van der Waals surface area contributed by atoms with E-state index in [1.54, 1.807) is 24.3 Å². The fourth-order valence-corrected chi connectivity index (χ4v) is 5.41. The highest BCUT2D eigenvalue weighted by Gasteiger charge is 2.33. The van der Waals surface area contributed by atoms with Gasteiger partial charge in [0.15, 0.2) is 0 Å². The molecule has 33 heavy (non-hydrogen) atoms. The first-order valence-corrected chi connectivity index (χ1v) is 11.7. The zero-order chi connectivity index (χ0) is 23.8. The first kappa shape index (κ1) is 23.0. The third kappa shape index (κ3) is 4.64. The van der Waals surface area contributed by atoms with Gasteiger partial charge in [0.2, 0.25) is 0 Å². The molecule has 0 saturated carbocycles. The van der Waals surface area contributed by atoms with Gasteiger partial charge in [-0.25, -0.2) is 8.42 Å². The molecule has 0 saturated heterocycles. The number of methoxy groups -OCH3 is 1. The summed E-state index contributed by atoms with van der Waals surface area (Å²) in [5, 5.41) is 0. The molecule has 1 aliphatic heterocycles. The van der Waals surface area contributed by atoms with Crippen LogP contribution in [0.25, 0.3) is 0 Å². The zero-order valence-electron chi connectivity index (χ0n) is 18.1.